The summed E-state index contributed by atoms with van der Waals surface area (Å²) in [6.07, 6.45) is 7.62. The second-order valence-electron chi connectivity index (χ2n) is 6.57. The first-order valence-electron chi connectivity index (χ1n) is 8.87. The smallest absolute Gasteiger partial charge is 0.247 e. The summed E-state index contributed by atoms with van der Waals surface area (Å²) in [7, 11) is 0. The van der Waals surface area contributed by atoms with Crippen LogP contribution in [0.5, 0.6) is 0 Å². The van der Waals surface area contributed by atoms with Gasteiger partial charge in [-0.15, -0.1) is 0 Å². The van der Waals surface area contributed by atoms with Gasteiger partial charge in [-0.1, -0.05) is 77.7 Å². The van der Waals surface area contributed by atoms with Crippen LogP contribution in [0.25, 0.3) is 0 Å². The summed E-state index contributed by atoms with van der Waals surface area (Å²) in [5.74, 6) is 0.272. The minimum absolute atomic E-state index is 0.00791. The molecule has 4 heteroatoms. The van der Waals surface area contributed by atoms with E-state index in [1.54, 1.807) is 6.21 Å². The molecule has 2 aromatic rings. The summed E-state index contributed by atoms with van der Waals surface area (Å²) in [6, 6.07) is 17.9. The Balaban J connectivity index is 1.71. The van der Waals surface area contributed by atoms with Crippen LogP contribution in [0.1, 0.15) is 49.1 Å². The molecule has 1 fully saturated rings. The molecular formula is C21H23BrN2O. The average molecular weight is 399 g/mol. The van der Waals surface area contributed by atoms with Gasteiger partial charge in [-0.2, -0.15) is 5.10 Å². The van der Waals surface area contributed by atoms with Crippen molar-refractivity contribution in [1.29, 1.82) is 0 Å². The lowest BCUT2D eigenvalue weighted by atomic mass is 9.76. The number of carbonyl (C=O) groups excluding carboxylic acids is 1. The number of hydrogen-bond donors (Lipinski definition) is 1. The first-order chi connectivity index (χ1) is 12.2. The molecule has 1 N–H and O–H groups in total. The topological polar surface area (TPSA) is 41.5 Å². The molecule has 0 spiro atoms. The quantitative estimate of drug-likeness (QED) is 0.541. The number of halogens is 1. The molecule has 25 heavy (non-hydrogen) atoms. The number of nitrogens with zero attached hydrogens (tertiary/aromatic N) is 1. The number of rotatable bonds is 5. The van der Waals surface area contributed by atoms with Crippen LogP contribution in [0, 0.1) is 5.92 Å². The maximum Gasteiger partial charge on any atom is 0.247 e. The van der Waals surface area contributed by atoms with Gasteiger partial charge in [0.15, 0.2) is 0 Å². The number of hydrazone groups is 1. The van der Waals surface area contributed by atoms with Gasteiger partial charge in [0.25, 0.3) is 0 Å². The molecule has 3 nitrogen and oxygen atoms in total. The Kier molecular flexibility index (Phi) is 6.40. The number of amides is 1. The summed E-state index contributed by atoms with van der Waals surface area (Å²) in [5.41, 5.74) is 4.81. The molecule has 0 heterocycles. The monoisotopic (exact) mass is 398 g/mol. The molecule has 130 valence electrons. The van der Waals surface area contributed by atoms with E-state index in [9.17, 15) is 4.79 Å². The third-order valence-electron chi connectivity index (χ3n) is 4.82. The molecule has 1 atom stereocenters. The van der Waals surface area contributed by atoms with Crippen molar-refractivity contribution in [2.75, 3.05) is 0 Å². The largest absolute Gasteiger partial charge is 0.272 e. The molecule has 0 saturated heterocycles. The molecular weight excluding hydrogens is 376 g/mol. The zero-order chi connectivity index (χ0) is 17.5. The highest BCUT2D eigenvalue weighted by Gasteiger charge is 2.30. The van der Waals surface area contributed by atoms with E-state index in [2.05, 4.69) is 38.6 Å². The fourth-order valence-corrected chi connectivity index (χ4v) is 3.82. The zero-order valence-electron chi connectivity index (χ0n) is 14.2. The van der Waals surface area contributed by atoms with Gasteiger partial charge in [-0.05, 0) is 42.0 Å². The SMILES string of the molecule is O=C(N/N=C\c1ccc(Br)cc1)[C@@H](c1ccccc1)C1CCCCC1. The van der Waals surface area contributed by atoms with Crippen molar-refractivity contribution in [3.8, 4) is 0 Å². The molecule has 0 bridgehead atoms. The number of benzene rings is 2. The summed E-state index contributed by atoms with van der Waals surface area (Å²) < 4.78 is 1.02. The van der Waals surface area contributed by atoms with Crippen molar-refractivity contribution in [3.05, 3.63) is 70.2 Å². The molecule has 0 unspecified atom stereocenters. The van der Waals surface area contributed by atoms with E-state index >= 15 is 0 Å². The van der Waals surface area contributed by atoms with E-state index in [0.717, 1.165) is 28.4 Å². The van der Waals surface area contributed by atoms with Gasteiger partial charge >= 0.3 is 0 Å². The zero-order valence-corrected chi connectivity index (χ0v) is 15.8. The third kappa shape index (κ3) is 5.02. The van der Waals surface area contributed by atoms with Crippen molar-refractivity contribution in [2.24, 2.45) is 11.0 Å². The maximum absolute atomic E-state index is 12.9. The van der Waals surface area contributed by atoms with E-state index in [1.807, 2.05) is 42.5 Å². The van der Waals surface area contributed by atoms with Crippen LogP contribution in [0.4, 0.5) is 0 Å². The lowest BCUT2D eigenvalue weighted by Gasteiger charge is -2.29. The van der Waals surface area contributed by atoms with Gasteiger partial charge in [-0.3, -0.25) is 4.79 Å². The summed E-state index contributed by atoms with van der Waals surface area (Å²) in [6.45, 7) is 0. The molecule has 1 aliphatic carbocycles. The van der Waals surface area contributed by atoms with Crippen molar-refractivity contribution in [1.82, 2.24) is 5.43 Å². The molecule has 1 saturated carbocycles. The van der Waals surface area contributed by atoms with Crippen molar-refractivity contribution < 1.29 is 4.79 Å². The van der Waals surface area contributed by atoms with Crippen molar-refractivity contribution in [3.63, 3.8) is 0 Å². The van der Waals surface area contributed by atoms with Crippen LogP contribution in [-0.2, 0) is 4.79 Å². The summed E-state index contributed by atoms with van der Waals surface area (Å²) in [4.78, 5) is 12.9. The molecule has 0 radical (unpaired) electrons. The Morgan fingerprint density at radius 1 is 1.04 bits per heavy atom. The Morgan fingerprint density at radius 3 is 2.40 bits per heavy atom. The minimum Gasteiger partial charge on any atom is -0.272 e. The maximum atomic E-state index is 12.9. The lowest BCUT2D eigenvalue weighted by molar-refractivity contribution is -0.124. The normalized spacial score (nSPS) is 16.7. The van der Waals surface area contributed by atoms with Crippen LogP contribution < -0.4 is 5.43 Å². The Labute approximate surface area is 157 Å². The third-order valence-corrected chi connectivity index (χ3v) is 5.35. The predicted octanol–water partition coefficient (Wildman–Crippen LogP) is 5.26. The predicted molar refractivity (Wildman–Crippen MR) is 106 cm³/mol. The van der Waals surface area contributed by atoms with Gasteiger partial charge in [0.1, 0.15) is 0 Å². The van der Waals surface area contributed by atoms with Gasteiger partial charge in [0, 0.05) is 4.47 Å². The van der Waals surface area contributed by atoms with Crippen LogP contribution >= 0.6 is 15.9 Å². The van der Waals surface area contributed by atoms with Crippen molar-refractivity contribution in [2.45, 2.75) is 38.0 Å². The number of nitrogens with one attached hydrogen (secondary N) is 1. The van der Waals surface area contributed by atoms with Crippen molar-refractivity contribution >= 4 is 28.1 Å². The standard InChI is InChI=1S/C21H23BrN2O/c22-19-13-11-16(12-14-19)15-23-24-21(25)20(17-7-3-1-4-8-17)18-9-5-2-6-10-18/h1,3-4,7-8,11-15,18,20H,2,5-6,9-10H2,(H,24,25)/b23-15-/t20-/m0/s1. The van der Waals surface area contributed by atoms with Gasteiger partial charge in [0.2, 0.25) is 5.91 Å². The van der Waals surface area contributed by atoms with E-state index in [4.69, 9.17) is 0 Å². The highest BCUT2D eigenvalue weighted by Crippen LogP contribution is 2.36. The first-order valence-corrected chi connectivity index (χ1v) is 9.67. The number of carbonyl (C=O) groups is 1. The number of hydrogen-bond acceptors (Lipinski definition) is 2. The van der Waals surface area contributed by atoms with Gasteiger partial charge in [-0.25, -0.2) is 5.43 Å². The molecule has 0 aromatic heterocycles. The fourth-order valence-electron chi connectivity index (χ4n) is 3.55. The second-order valence-corrected chi connectivity index (χ2v) is 7.49. The van der Waals surface area contributed by atoms with Crippen LogP contribution in [0.3, 0.4) is 0 Å². The second kappa shape index (κ2) is 8.95. The molecule has 1 amide bonds. The molecule has 2 aromatic carbocycles. The average Bonchev–Trinajstić information content (AvgIpc) is 2.65. The summed E-state index contributed by atoms with van der Waals surface area (Å²) >= 11 is 3.41. The Hall–Kier alpha value is -1.94. The highest BCUT2D eigenvalue weighted by molar-refractivity contribution is 9.10. The van der Waals surface area contributed by atoms with E-state index in [-0.39, 0.29) is 11.8 Å². The summed E-state index contributed by atoms with van der Waals surface area (Å²) in [5, 5.41) is 4.17. The lowest BCUT2D eigenvalue weighted by Crippen LogP contribution is -2.31. The van der Waals surface area contributed by atoms with Crippen LogP contribution in [0.15, 0.2) is 64.2 Å². The van der Waals surface area contributed by atoms with Gasteiger partial charge in [0.05, 0.1) is 12.1 Å². The Morgan fingerprint density at radius 2 is 1.72 bits per heavy atom. The van der Waals surface area contributed by atoms with Crippen LogP contribution in [0.2, 0.25) is 0 Å². The van der Waals surface area contributed by atoms with Gasteiger partial charge < -0.3 is 0 Å². The Bertz CT molecular complexity index is 706. The van der Waals surface area contributed by atoms with E-state index in [1.165, 1.54) is 19.3 Å². The highest BCUT2D eigenvalue weighted by atomic mass is 79.9. The molecule has 3 rings (SSSR count). The fraction of sp³-hybridized carbons (Fsp3) is 0.333. The minimum atomic E-state index is -0.122. The van der Waals surface area contributed by atoms with Crippen LogP contribution in [-0.4, -0.2) is 12.1 Å². The van der Waals surface area contributed by atoms with E-state index < -0.39 is 0 Å². The molecule has 0 aliphatic heterocycles. The first kappa shape index (κ1) is 17.9. The molecule has 1 aliphatic rings. The van der Waals surface area contributed by atoms with E-state index in [0.29, 0.717) is 5.92 Å².